The highest BCUT2D eigenvalue weighted by Gasteiger charge is 2.39. The Kier molecular flexibility index (Phi) is 7.57. The lowest BCUT2D eigenvalue weighted by molar-refractivity contribution is -0.135. The van der Waals surface area contributed by atoms with E-state index in [1.807, 2.05) is 13.0 Å². The van der Waals surface area contributed by atoms with Gasteiger partial charge in [0.2, 0.25) is 4.96 Å². The summed E-state index contributed by atoms with van der Waals surface area (Å²) in [5.41, 5.74) is 1.82. The van der Waals surface area contributed by atoms with Gasteiger partial charge in [-0.1, -0.05) is 22.9 Å². The third-order valence-corrected chi connectivity index (χ3v) is 8.61. The van der Waals surface area contributed by atoms with E-state index in [-0.39, 0.29) is 30.0 Å². The highest BCUT2D eigenvalue weighted by Crippen LogP contribution is 2.38. The number of thiazole rings is 1. The lowest BCUT2D eigenvalue weighted by Crippen LogP contribution is -2.43. The summed E-state index contributed by atoms with van der Waals surface area (Å²) in [7, 11) is 0. The smallest absolute Gasteiger partial charge is 0.357 e. The zero-order chi connectivity index (χ0) is 27.8. The Hall–Kier alpha value is -3.33. The van der Waals surface area contributed by atoms with Gasteiger partial charge in [-0.3, -0.25) is 4.79 Å². The first-order valence-corrected chi connectivity index (χ1v) is 14.9. The number of imidazole rings is 1. The number of hydrogen-bond donors (Lipinski definition) is 0. The van der Waals surface area contributed by atoms with Crippen molar-refractivity contribution in [2.75, 3.05) is 51.0 Å². The van der Waals surface area contributed by atoms with E-state index in [1.54, 1.807) is 27.8 Å². The van der Waals surface area contributed by atoms with Gasteiger partial charge in [0.1, 0.15) is 21.9 Å². The summed E-state index contributed by atoms with van der Waals surface area (Å²) in [6.07, 6.45) is 0.555. The van der Waals surface area contributed by atoms with Crippen molar-refractivity contribution >= 4 is 56.9 Å². The second kappa shape index (κ2) is 11.3. The van der Waals surface area contributed by atoms with Gasteiger partial charge >= 0.3 is 5.97 Å². The van der Waals surface area contributed by atoms with Crippen LogP contribution in [0.1, 0.15) is 44.9 Å². The Morgan fingerprint density at radius 2 is 2.00 bits per heavy atom. The van der Waals surface area contributed by atoms with Crippen molar-refractivity contribution < 1.29 is 23.8 Å². The number of esters is 1. The van der Waals surface area contributed by atoms with E-state index in [2.05, 4.69) is 20.0 Å². The molecule has 1 unspecified atom stereocenters. The number of fused-ring (bicyclic) bond motifs is 3. The molecular weight excluding hydrogens is 578 g/mol. The Labute approximate surface area is 242 Å². The van der Waals surface area contributed by atoms with Crippen LogP contribution in [0.15, 0.2) is 17.5 Å². The van der Waals surface area contributed by atoms with Crippen molar-refractivity contribution in [3.05, 3.63) is 49.8 Å². The molecule has 0 spiro atoms. The van der Waals surface area contributed by atoms with Gasteiger partial charge in [-0.15, -0.1) is 11.3 Å². The van der Waals surface area contributed by atoms with Crippen molar-refractivity contribution in [1.82, 2.24) is 29.5 Å². The number of nitrogens with zero attached hydrogens (tertiary/aromatic N) is 7. The molecule has 210 valence electrons. The van der Waals surface area contributed by atoms with E-state index in [4.69, 9.17) is 30.8 Å². The number of hydrogen-bond acceptors (Lipinski definition) is 12. The molecule has 2 aliphatic rings. The minimum Gasteiger partial charge on any atom is -0.481 e. The summed E-state index contributed by atoms with van der Waals surface area (Å²) in [6, 6.07) is 2.96. The number of aryl methyl sites for hydroxylation is 1. The van der Waals surface area contributed by atoms with Gasteiger partial charge in [0, 0.05) is 31.4 Å². The fourth-order valence-corrected chi connectivity index (χ4v) is 6.68. The van der Waals surface area contributed by atoms with E-state index in [1.165, 1.54) is 22.7 Å². The number of halogens is 1. The predicted molar refractivity (Wildman–Crippen MR) is 149 cm³/mol. The molecule has 4 aromatic heterocycles. The molecule has 1 amide bonds. The van der Waals surface area contributed by atoms with Crippen LogP contribution < -0.4 is 9.64 Å². The quantitative estimate of drug-likeness (QED) is 0.230. The lowest BCUT2D eigenvalue weighted by Gasteiger charge is -2.34. The number of carbonyl (C=O) groups excluding carboxylic acids is 2. The number of pyridine rings is 1. The predicted octanol–water partition coefficient (Wildman–Crippen LogP) is 3.17. The van der Waals surface area contributed by atoms with Crippen LogP contribution in [0.3, 0.4) is 0 Å². The Bertz CT molecular complexity index is 1560. The van der Waals surface area contributed by atoms with Crippen molar-refractivity contribution in [2.45, 2.75) is 26.3 Å². The number of ether oxygens (including phenoxy) is 3. The lowest BCUT2D eigenvalue weighted by atomic mass is 10.0. The summed E-state index contributed by atoms with van der Waals surface area (Å²) >= 11 is 9.20. The first-order chi connectivity index (χ1) is 19.4. The van der Waals surface area contributed by atoms with Gasteiger partial charge < -0.3 is 24.0 Å². The maximum atomic E-state index is 13.6. The number of morpholine rings is 1. The standard InChI is InChI=1S/C25H26ClN7O5S2/c1-3-37-24(35)16-13-39-23(27-16)21-20-15(28-25-33(20)30-14(2)40-25)6-7-32(21)19(34)12-38-17-4-5-18(29-22(17)26)31-8-10-36-11-9-31/h4-5,13,21H,3,6-12H2,1-2H3. The molecular formula is C25H26ClN7O5S2. The maximum Gasteiger partial charge on any atom is 0.357 e. The number of carbonyl (C=O) groups is 2. The second-order valence-corrected chi connectivity index (χ2v) is 11.5. The van der Waals surface area contributed by atoms with E-state index in [9.17, 15) is 9.59 Å². The zero-order valence-electron chi connectivity index (χ0n) is 21.8. The number of amides is 1. The first-order valence-electron chi connectivity index (χ1n) is 12.8. The average Bonchev–Trinajstić information content (AvgIpc) is 3.67. The summed E-state index contributed by atoms with van der Waals surface area (Å²) in [5.74, 6) is 0.286. The number of rotatable bonds is 7. The minimum atomic E-state index is -0.596. The molecule has 4 aromatic rings. The molecule has 1 fully saturated rings. The molecule has 12 nitrogen and oxygen atoms in total. The van der Waals surface area contributed by atoms with Crippen molar-refractivity contribution in [2.24, 2.45) is 0 Å². The molecule has 0 radical (unpaired) electrons. The molecule has 0 aromatic carbocycles. The fraction of sp³-hybridized carbons (Fsp3) is 0.440. The fourth-order valence-electron chi connectivity index (χ4n) is 4.80. The molecule has 15 heteroatoms. The van der Waals surface area contributed by atoms with Gasteiger partial charge in [-0.2, -0.15) is 5.10 Å². The van der Waals surface area contributed by atoms with Crippen molar-refractivity contribution in [3.8, 4) is 5.75 Å². The van der Waals surface area contributed by atoms with Crippen LogP contribution in [0.2, 0.25) is 5.15 Å². The van der Waals surface area contributed by atoms with Crippen molar-refractivity contribution in [1.29, 1.82) is 0 Å². The van der Waals surface area contributed by atoms with Gasteiger partial charge in [-0.05, 0) is 26.0 Å². The molecule has 1 atom stereocenters. The molecule has 40 heavy (non-hydrogen) atoms. The summed E-state index contributed by atoms with van der Waals surface area (Å²) in [6.45, 7) is 6.77. The van der Waals surface area contributed by atoms with Crippen LogP contribution in [-0.4, -0.2) is 87.4 Å². The number of aromatic nitrogens is 5. The van der Waals surface area contributed by atoms with Crippen LogP contribution in [0, 0.1) is 6.92 Å². The van der Waals surface area contributed by atoms with Crippen LogP contribution >= 0.6 is 34.3 Å². The SMILES string of the molecule is CCOC(=O)c1csc(C2c3c(nc4sc(C)nn34)CCN2C(=O)COc2ccc(N3CCOCC3)nc2Cl)n1. The second-order valence-electron chi connectivity index (χ2n) is 9.14. The van der Waals surface area contributed by atoms with Gasteiger partial charge in [0.15, 0.2) is 23.2 Å². The molecule has 0 bridgehead atoms. The third-order valence-electron chi connectivity index (χ3n) is 6.62. The highest BCUT2D eigenvalue weighted by molar-refractivity contribution is 7.16. The Morgan fingerprint density at radius 3 is 2.77 bits per heavy atom. The molecule has 0 aliphatic carbocycles. The third kappa shape index (κ3) is 5.11. The Balaban J connectivity index is 1.26. The van der Waals surface area contributed by atoms with E-state index in [0.29, 0.717) is 36.9 Å². The molecule has 6 rings (SSSR count). The van der Waals surface area contributed by atoms with Crippen molar-refractivity contribution in [3.63, 3.8) is 0 Å². The number of anilines is 1. The monoisotopic (exact) mass is 603 g/mol. The first kappa shape index (κ1) is 26.9. The van der Waals surface area contributed by atoms with E-state index in [0.717, 1.165) is 40.3 Å². The average molecular weight is 604 g/mol. The van der Waals surface area contributed by atoms with Crippen LogP contribution in [0.4, 0.5) is 5.82 Å². The summed E-state index contributed by atoms with van der Waals surface area (Å²) in [5, 5.41) is 7.88. The molecule has 2 aliphatic heterocycles. The molecule has 6 heterocycles. The van der Waals surface area contributed by atoms with Crippen LogP contribution in [0.5, 0.6) is 5.75 Å². The normalized spacial score (nSPS) is 17.2. The van der Waals surface area contributed by atoms with Gasteiger partial charge in [0.25, 0.3) is 5.91 Å². The van der Waals surface area contributed by atoms with E-state index >= 15 is 0 Å². The minimum absolute atomic E-state index is 0.184. The largest absolute Gasteiger partial charge is 0.481 e. The van der Waals surface area contributed by atoms with Gasteiger partial charge in [0.05, 0.1) is 31.2 Å². The topological polar surface area (TPSA) is 124 Å². The maximum absolute atomic E-state index is 13.6. The van der Waals surface area contributed by atoms with Gasteiger partial charge in [-0.25, -0.2) is 24.3 Å². The van der Waals surface area contributed by atoms with Crippen LogP contribution in [-0.2, 0) is 20.7 Å². The molecule has 1 saturated heterocycles. The Morgan fingerprint density at radius 1 is 1.18 bits per heavy atom. The van der Waals surface area contributed by atoms with Crippen LogP contribution in [0.25, 0.3) is 4.96 Å². The summed E-state index contributed by atoms with van der Waals surface area (Å²) in [4.78, 5) is 44.3. The molecule has 0 N–H and O–H groups in total. The zero-order valence-corrected chi connectivity index (χ0v) is 24.2. The van der Waals surface area contributed by atoms with E-state index < -0.39 is 12.0 Å². The summed E-state index contributed by atoms with van der Waals surface area (Å²) < 4.78 is 18.2. The highest BCUT2D eigenvalue weighted by atomic mass is 35.5. The molecule has 0 saturated carbocycles.